The molecule has 1 amide bonds. The summed E-state index contributed by atoms with van der Waals surface area (Å²) < 4.78 is 6.65. The van der Waals surface area contributed by atoms with Gasteiger partial charge in [0.1, 0.15) is 5.75 Å². The van der Waals surface area contributed by atoms with Crippen LogP contribution in [-0.2, 0) is 4.79 Å². The molecule has 0 aliphatic rings. The van der Waals surface area contributed by atoms with Crippen LogP contribution in [-0.4, -0.2) is 12.5 Å². The maximum Gasteiger partial charge on any atom is 0.258 e. The summed E-state index contributed by atoms with van der Waals surface area (Å²) in [6.45, 7) is 6.22. The Balaban J connectivity index is 1.67. The first-order chi connectivity index (χ1) is 13.0. The lowest BCUT2D eigenvalue weighted by Gasteiger charge is -2.20. The topological polar surface area (TPSA) is 38.3 Å². The Morgan fingerprint density at radius 1 is 1.11 bits per heavy atom. The van der Waals surface area contributed by atoms with Crippen LogP contribution in [0.2, 0.25) is 0 Å². The molecule has 0 spiro atoms. The molecule has 0 aliphatic carbocycles. The lowest BCUT2D eigenvalue weighted by Crippen LogP contribution is -2.32. The molecule has 0 saturated carbocycles. The van der Waals surface area contributed by atoms with E-state index in [0.717, 1.165) is 27.2 Å². The molecule has 0 radical (unpaired) electrons. The van der Waals surface area contributed by atoms with Gasteiger partial charge in [0.2, 0.25) is 0 Å². The van der Waals surface area contributed by atoms with Crippen LogP contribution in [0.25, 0.3) is 10.8 Å². The van der Waals surface area contributed by atoms with Gasteiger partial charge in [-0.2, -0.15) is 0 Å². The van der Waals surface area contributed by atoms with Gasteiger partial charge in [-0.25, -0.2) is 0 Å². The molecular formula is C23H24BrNO2. The monoisotopic (exact) mass is 425 g/mol. The molecule has 0 aliphatic heterocycles. The summed E-state index contributed by atoms with van der Waals surface area (Å²) in [5.74, 6) is 0.547. The van der Waals surface area contributed by atoms with Gasteiger partial charge in [-0.1, -0.05) is 61.0 Å². The number of nitrogens with one attached hydrogen (secondary N) is 1. The van der Waals surface area contributed by atoms with Crippen molar-refractivity contribution >= 4 is 32.6 Å². The lowest BCUT2D eigenvalue weighted by molar-refractivity contribution is -0.123. The van der Waals surface area contributed by atoms with E-state index in [-0.39, 0.29) is 18.6 Å². The van der Waals surface area contributed by atoms with Gasteiger partial charge >= 0.3 is 0 Å². The van der Waals surface area contributed by atoms with E-state index in [1.54, 1.807) is 0 Å². The van der Waals surface area contributed by atoms with E-state index in [0.29, 0.717) is 5.75 Å². The number of hydrogen-bond donors (Lipinski definition) is 1. The molecule has 1 N–H and O–H groups in total. The molecule has 0 bridgehead atoms. The van der Waals surface area contributed by atoms with Crippen LogP contribution in [0.15, 0.2) is 59.1 Å². The highest BCUT2D eigenvalue weighted by Gasteiger charge is 2.16. The molecule has 27 heavy (non-hydrogen) atoms. The molecule has 0 saturated heterocycles. The predicted octanol–water partition coefficient (Wildman–Crippen LogP) is 5.87. The zero-order chi connectivity index (χ0) is 19.4. The summed E-state index contributed by atoms with van der Waals surface area (Å²) in [6.07, 6.45) is 0.829. The van der Waals surface area contributed by atoms with Crippen molar-refractivity contribution in [2.24, 2.45) is 0 Å². The third kappa shape index (κ3) is 4.51. The molecule has 3 nitrogen and oxygen atoms in total. The predicted molar refractivity (Wildman–Crippen MR) is 114 cm³/mol. The van der Waals surface area contributed by atoms with Gasteiger partial charge in [-0.15, -0.1) is 0 Å². The third-order valence-electron chi connectivity index (χ3n) is 4.73. The molecule has 3 rings (SSSR count). The SMILES string of the molecule is CC[C@@H](NC(=O)COc1ccc2ccccc2c1Br)c1ccc(C)cc1C. The maximum atomic E-state index is 12.5. The number of aryl methyl sites for hydroxylation is 2. The molecule has 0 unspecified atom stereocenters. The van der Waals surface area contributed by atoms with Crippen molar-refractivity contribution in [2.45, 2.75) is 33.2 Å². The molecule has 3 aromatic carbocycles. The Hall–Kier alpha value is -2.33. The highest BCUT2D eigenvalue weighted by atomic mass is 79.9. The smallest absolute Gasteiger partial charge is 0.258 e. The zero-order valence-electron chi connectivity index (χ0n) is 15.9. The van der Waals surface area contributed by atoms with E-state index in [4.69, 9.17) is 4.74 Å². The van der Waals surface area contributed by atoms with Crippen molar-refractivity contribution in [3.63, 3.8) is 0 Å². The van der Waals surface area contributed by atoms with Crippen LogP contribution < -0.4 is 10.1 Å². The zero-order valence-corrected chi connectivity index (χ0v) is 17.5. The molecule has 0 heterocycles. The van der Waals surface area contributed by atoms with E-state index < -0.39 is 0 Å². The fraction of sp³-hybridized carbons (Fsp3) is 0.261. The number of rotatable bonds is 6. The lowest BCUT2D eigenvalue weighted by atomic mass is 9.97. The number of ether oxygens (including phenoxy) is 1. The first kappa shape index (κ1) is 19.4. The van der Waals surface area contributed by atoms with Crippen molar-refractivity contribution in [2.75, 3.05) is 6.61 Å². The van der Waals surface area contributed by atoms with Gasteiger partial charge < -0.3 is 10.1 Å². The normalized spacial score (nSPS) is 12.0. The third-order valence-corrected chi connectivity index (χ3v) is 5.55. The summed E-state index contributed by atoms with van der Waals surface area (Å²) >= 11 is 3.59. The van der Waals surface area contributed by atoms with Crippen molar-refractivity contribution < 1.29 is 9.53 Å². The Kier molecular flexibility index (Phi) is 6.17. The van der Waals surface area contributed by atoms with Gasteiger partial charge in [0.25, 0.3) is 5.91 Å². The van der Waals surface area contributed by atoms with Crippen LogP contribution in [0, 0.1) is 13.8 Å². The fourth-order valence-corrected chi connectivity index (χ4v) is 3.93. The fourth-order valence-electron chi connectivity index (χ4n) is 3.32. The molecule has 4 heteroatoms. The van der Waals surface area contributed by atoms with Crippen molar-refractivity contribution in [3.8, 4) is 5.75 Å². The van der Waals surface area contributed by atoms with E-state index in [9.17, 15) is 4.79 Å². The van der Waals surface area contributed by atoms with E-state index in [2.05, 4.69) is 60.2 Å². The molecule has 0 fully saturated rings. The highest BCUT2D eigenvalue weighted by Crippen LogP contribution is 2.33. The number of halogens is 1. The summed E-state index contributed by atoms with van der Waals surface area (Å²) in [6, 6.07) is 18.3. The summed E-state index contributed by atoms with van der Waals surface area (Å²) in [4.78, 5) is 12.5. The van der Waals surface area contributed by atoms with E-state index in [1.165, 1.54) is 11.1 Å². The standard InChI is InChI=1S/C23H24BrNO2/c1-4-20(18-11-9-15(2)13-16(18)3)25-22(26)14-27-21-12-10-17-7-5-6-8-19(17)23(21)24/h5-13,20H,4,14H2,1-3H3,(H,25,26)/t20-/m1/s1. The van der Waals surface area contributed by atoms with Crippen molar-refractivity contribution in [1.29, 1.82) is 0 Å². The minimum absolute atomic E-state index is 0.0123. The Bertz CT molecular complexity index is 968. The number of carbonyl (C=O) groups excluding carboxylic acids is 1. The molecule has 0 aromatic heterocycles. The second kappa shape index (κ2) is 8.57. The molecule has 140 valence electrons. The molecule has 1 atom stereocenters. The van der Waals surface area contributed by atoms with Crippen molar-refractivity contribution in [3.05, 3.63) is 75.8 Å². The van der Waals surface area contributed by atoms with Crippen LogP contribution in [0.1, 0.15) is 36.1 Å². The second-order valence-electron chi connectivity index (χ2n) is 6.78. The van der Waals surface area contributed by atoms with Crippen LogP contribution in [0.4, 0.5) is 0 Å². The number of benzene rings is 3. The van der Waals surface area contributed by atoms with Crippen LogP contribution in [0.3, 0.4) is 0 Å². The average molecular weight is 426 g/mol. The maximum absolute atomic E-state index is 12.5. The van der Waals surface area contributed by atoms with Gasteiger partial charge in [-0.3, -0.25) is 4.79 Å². The number of fused-ring (bicyclic) bond motifs is 1. The molecular weight excluding hydrogens is 402 g/mol. The average Bonchev–Trinajstić information content (AvgIpc) is 2.66. The van der Waals surface area contributed by atoms with Crippen molar-refractivity contribution in [1.82, 2.24) is 5.32 Å². The van der Waals surface area contributed by atoms with E-state index >= 15 is 0 Å². The Labute approximate surface area is 168 Å². The first-order valence-electron chi connectivity index (χ1n) is 9.16. The first-order valence-corrected chi connectivity index (χ1v) is 9.95. The van der Waals surface area contributed by atoms with Gasteiger partial charge in [0, 0.05) is 0 Å². The quantitative estimate of drug-likeness (QED) is 0.536. The summed E-state index contributed by atoms with van der Waals surface area (Å²) in [7, 11) is 0. The summed E-state index contributed by atoms with van der Waals surface area (Å²) in [5.41, 5.74) is 3.57. The van der Waals surface area contributed by atoms with Gasteiger partial charge in [-0.05, 0) is 64.2 Å². The largest absolute Gasteiger partial charge is 0.483 e. The molecule has 3 aromatic rings. The Morgan fingerprint density at radius 2 is 1.89 bits per heavy atom. The summed E-state index contributed by atoms with van der Waals surface area (Å²) in [5, 5.41) is 5.28. The van der Waals surface area contributed by atoms with Gasteiger partial charge in [0.15, 0.2) is 6.61 Å². The van der Waals surface area contributed by atoms with Gasteiger partial charge in [0.05, 0.1) is 10.5 Å². The highest BCUT2D eigenvalue weighted by molar-refractivity contribution is 9.10. The second-order valence-corrected chi connectivity index (χ2v) is 7.57. The minimum Gasteiger partial charge on any atom is -0.483 e. The van der Waals surface area contributed by atoms with E-state index in [1.807, 2.05) is 36.4 Å². The Morgan fingerprint density at radius 3 is 2.63 bits per heavy atom. The number of carbonyl (C=O) groups is 1. The number of amides is 1. The minimum atomic E-state index is -0.123. The number of hydrogen-bond acceptors (Lipinski definition) is 2. The van der Waals surface area contributed by atoms with Crippen LogP contribution in [0.5, 0.6) is 5.75 Å². The van der Waals surface area contributed by atoms with Crippen LogP contribution >= 0.6 is 15.9 Å².